The predicted molar refractivity (Wildman–Crippen MR) is 86.4 cm³/mol. The monoisotopic (exact) mass is 275 g/mol. The lowest BCUT2D eigenvalue weighted by Crippen LogP contribution is -2.29. The van der Waals surface area contributed by atoms with Crippen molar-refractivity contribution >= 4 is 5.82 Å². The number of nitrogens with one attached hydrogen (secondary N) is 1. The highest BCUT2D eigenvalue weighted by Gasteiger charge is 2.17. The SMILES string of the molecule is Cc1cc(C)c(CNC(C)C)c(N2CCCCCC2)n1. The molecular formula is C17H29N3. The normalized spacial score (nSPS) is 16.6. The molecule has 1 aliphatic rings. The Morgan fingerprint density at radius 1 is 1.15 bits per heavy atom. The summed E-state index contributed by atoms with van der Waals surface area (Å²) < 4.78 is 0. The van der Waals surface area contributed by atoms with E-state index >= 15 is 0 Å². The maximum absolute atomic E-state index is 4.86. The van der Waals surface area contributed by atoms with Gasteiger partial charge < -0.3 is 10.2 Å². The molecule has 0 radical (unpaired) electrons. The van der Waals surface area contributed by atoms with Crippen LogP contribution in [0.1, 0.15) is 56.4 Å². The van der Waals surface area contributed by atoms with Crippen LogP contribution in [0, 0.1) is 13.8 Å². The van der Waals surface area contributed by atoms with Crippen molar-refractivity contribution in [2.24, 2.45) is 0 Å². The minimum atomic E-state index is 0.507. The van der Waals surface area contributed by atoms with Crippen molar-refractivity contribution in [1.82, 2.24) is 10.3 Å². The average molecular weight is 275 g/mol. The van der Waals surface area contributed by atoms with Gasteiger partial charge >= 0.3 is 0 Å². The van der Waals surface area contributed by atoms with E-state index in [1.54, 1.807) is 0 Å². The summed E-state index contributed by atoms with van der Waals surface area (Å²) in [5.74, 6) is 1.22. The minimum absolute atomic E-state index is 0.507. The second kappa shape index (κ2) is 7.07. The van der Waals surface area contributed by atoms with Crippen molar-refractivity contribution in [2.45, 2.75) is 66.0 Å². The van der Waals surface area contributed by atoms with Gasteiger partial charge in [0.25, 0.3) is 0 Å². The molecule has 0 amide bonds. The molecule has 1 N–H and O–H groups in total. The van der Waals surface area contributed by atoms with E-state index in [2.05, 4.69) is 44.0 Å². The molecule has 0 aromatic carbocycles. The molecule has 0 bridgehead atoms. The summed E-state index contributed by atoms with van der Waals surface area (Å²) in [6.45, 7) is 11.9. The van der Waals surface area contributed by atoms with Crippen LogP contribution in [-0.4, -0.2) is 24.1 Å². The summed E-state index contributed by atoms with van der Waals surface area (Å²) in [6, 6.07) is 2.71. The Labute approximate surface area is 123 Å². The van der Waals surface area contributed by atoms with Gasteiger partial charge in [0.05, 0.1) is 0 Å². The molecule has 2 heterocycles. The van der Waals surface area contributed by atoms with Crippen LogP contribution >= 0.6 is 0 Å². The third kappa shape index (κ3) is 3.95. The number of anilines is 1. The zero-order valence-corrected chi connectivity index (χ0v) is 13.5. The molecule has 1 fully saturated rings. The summed E-state index contributed by atoms with van der Waals surface area (Å²) in [7, 11) is 0. The quantitative estimate of drug-likeness (QED) is 0.910. The summed E-state index contributed by atoms with van der Waals surface area (Å²) >= 11 is 0. The zero-order chi connectivity index (χ0) is 14.5. The highest BCUT2D eigenvalue weighted by molar-refractivity contribution is 5.51. The van der Waals surface area contributed by atoms with Crippen molar-refractivity contribution in [3.63, 3.8) is 0 Å². The number of aromatic nitrogens is 1. The molecule has 1 saturated heterocycles. The molecule has 3 heteroatoms. The minimum Gasteiger partial charge on any atom is -0.356 e. The van der Waals surface area contributed by atoms with Gasteiger partial charge in [-0.15, -0.1) is 0 Å². The summed E-state index contributed by atoms with van der Waals surface area (Å²) in [5, 5.41) is 3.55. The number of hydrogen-bond acceptors (Lipinski definition) is 3. The van der Waals surface area contributed by atoms with E-state index < -0.39 is 0 Å². The van der Waals surface area contributed by atoms with Gasteiger partial charge in [-0.25, -0.2) is 4.98 Å². The van der Waals surface area contributed by atoms with Gasteiger partial charge in [0.15, 0.2) is 0 Å². The van der Waals surface area contributed by atoms with Crippen molar-refractivity contribution in [3.05, 3.63) is 22.9 Å². The molecule has 2 rings (SSSR count). The van der Waals surface area contributed by atoms with Gasteiger partial charge in [-0.3, -0.25) is 0 Å². The molecule has 0 saturated carbocycles. The molecule has 1 aromatic rings. The Hall–Kier alpha value is -1.09. The average Bonchev–Trinajstić information content (AvgIpc) is 2.65. The lowest BCUT2D eigenvalue weighted by molar-refractivity contribution is 0.584. The number of aryl methyl sites for hydroxylation is 2. The Morgan fingerprint density at radius 2 is 1.80 bits per heavy atom. The third-order valence-electron chi connectivity index (χ3n) is 4.05. The van der Waals surface area contributed by atoms with Gasteiger partial charge in [-0.1, -0.05) is 26.7 Å². The molecule has 0 spiro atoms. The fourth-order valence-corrected chi connectivity index (χ4v) is 2.91. The number of pyridine rings is 1. The van der Waals surface area contributed by atoms with Gasteiger partial charge in [-0.2, -0.15) is 0 Å². The molecule has 0 aliphatic carbocycles. The summed E-state index contributed by atoms with van der Waals surface area (Å²) in [6.07, 6.45) is 5.32. The Balaban J connectivity index is 2.28. The highest BCUT2D eigenvalue weighted by atomic mass is 15.2. The standard InChI is InChI=1S/C17H29N3/c1-13(2)18-12-16-14(3)11-15(4)19-17(16)20-9-7-5-6-8-10-20/h11,13,18H,5-10,12H2,1-4H3. The van der Waals surface area contributed by atoms with Gasteiger partial charge in [0.2, 0.25) is 0 Å². The van der Waals surface area contributed by atoms with Crippen LogP contribution in [0.4, 0.5) is 5.82 Å². The Kier molecular flexibility index (Phi) is 5.41. The highest BCUT2D eigenvalue weighted by Crippen LogP contribution is 2.25. The van der Waals surface area contributed by atoms with Crippen LogP contribution in [-0.2, 0) is 6.54 Å². The van der Waals surface area contributed by atoms with Crippen LogP contribution < -0.4 is 10.2 Å². The van der Waals surface area contributed by atoms with Crippen molar-refractivity contribution in [3.8, 4) is 0 Å². The van der Waals surface area contributed by atoms with Crippen molar-refractivity contribution in [2.75, 3.05) is 18.0 Å². The molecule has 0 unspecified atom stereocenters. The first-order valence-electron chi connectivity index (χ1n) is 8.03. The lowest BCUT2D eigenvalue weighted by atomic mass is 10.1. The van der Waals surface area contributed by atoms with Gasteiger partial charge in [-0.05, 0) is 38.3 Å². The molecule has 20 heavy (non-hydrogen) atoms. The molecule has 0 atom stereocenters. The second-order valence-electron chi connectivity index (χ2n) is 6.32. The maximum Gasteiger partial charge on any atom is 0.133 e. The fourth-order valence-electron chi connectivity index (χ4n) is 2.91. The van der Waals surface area contributed by atoms with Gasteiger partial charge in [0, 0.05) is 36.9 Å². The lowest BCUT2D eigenvalue weighted by Gasteiger charge is -2.26. The second-order valence-corrected chi connectivity index (χ2v) is 6.32. The van der Waals surface area contributed by atoms with Crippen molar-refractivity contribution in [1.29, 1.82) is 0 Å². The van der Waals surface area contributed by atoms with E-state index in [0.717, 1.165) is 25.3 Å². The summed E-state index contributed by atoms with van der Waals surface area (Å²) in [4.78, 5) is 7.37. The van der Waals surface area contributed by atoms with E-state index in [0.29, 0.717) is 6.04 Å². The van der Waals surface area contributed by atoms with Gasteiger partial charge in [0.1, 0.15) is 5.82 Å². The first kappa shape index (κ1) is 15.3. The first-order chi connectivity index (χ1) is 9.58. The smallest absolute Gasteiger partial charge is 0.133 e. The molecule has 1 aromatic heterocycles. The molecular weight excluding hydrogens is 246 g/mol. The topological polar surface area (TPSA) is 28.2 Å². The number of hydrogen-bond donors (Lipinski definition) is 1. The van der Waals surface area contributed by atoms with Crippen LogP contribution in [0.3, 0.4) is 0 Å². The van der Waals surface area contributed by atoms with Crippen LogP contribution in [0.25, 0.3) is 0 Å². The van der Waals surface area contributed by atoms with E-state index in [9.17, 15) is 0 Å². The first-order valence-corrected chi connectivity index (χ1v) is 8.03. The van der Waals surface area contributed by atoms with Crippen LogP contribution in [0.15, 0.2) is 6.07 Å². The van der Waals surface area contributed by atoms with E-state index in [1.807, 2.05) is 0 Å². The summed E-state index contributed by atoms with van der Waals surface area (Å²) in [5.41, 5.74) is 3.88. The third-order valence-corrected chi connectivity index (χ3v) is 4.05. The molecule has 3 nitrogen and oxygen atoms in total. The Morgan fingerprint density at radius 3 is 2.40 bits per heavy atom. The molecule has 112 valence electrons. The van der Waals surface area contributed by atoms with E-state index in [1.165, 1.54) is 42.6 Å². The fraction of sp³-hybridized carbons (Fsp3) is 0.706. The number of rotatable bonds is 4. The zero-order valence-electron chi connectivity index (χ0n) is 13.5. The Bertz CT molecular complexity index is 432. The largest absolute Gasteiger partial charge is 0.356 e. The van der Waals surface area contributed by atoms with E-state index in [-0.39, 0.29) is 0 Å². The van der Waals surface area contributed by atoms with Crippen LogP contribution in [0.5, 0.6) is 0 Å². The number of nitrogens with zero attached hydrogens (tertiary/aromatic N) is 2. The van der Waals surface area contributed by atoms with E-state index in [4.69, 9.17) is 4.98 Å². The maximum atomic E-state index is 4.86. The van der Waals surface area contributed by atoms with Crippen molar-refractivity contribution < 1.29 is 0 Å². The molecule has 1 aliphatic heterocycles. The predicted octanol–water partition coefficient (Wildman–Crippen LogP) is 3.58. The van der Waals surface area contributed by atoms with Crippen LogP contribution in [0.2, 0.25) is 0 Å².